The van der Waals surface area contributed by atoms with Crippen molar-refractivity contribution in [1.29, 1.82) is 0 Å². The quantitative estimate of drug-likeness (QED) is 0.811. The van der Waals surface area contributed by atoms with Crippen molar-refractivity contribution in [2.24, 2.45) is 0 Å². The van der Waals surface area contributed by atoms with Gasteiger partial charge in [0.2, 0.25) is 5.91 Å². The lowest BCUT2D eigenvalue weighted by atomic mass is 10.3. The van der Waals surface area contributed by atoms with Crippen molar-refractivity contribution < 1.29 is 4.79 Å². The number of pyridine rings is 1. The molecule has 4 heteroatoms. The first-order chi connectivity index (χ1) is 9.33. The second-order valence-electron chi connectivity index (χ2n) is 5.55. The summed E-state index contributed by atoms with van der Waals surface area (Å²) in [6.07, 6.45) is 7.24. The smallest absolute Gasteiger partial charge is 0.224 e. The van der Waals surface area contributed by atoms with Crippen LogP contribution in [0.1, 0.15) is 37.8 Å². The molecule has 2 aliphatic rings. The Kier molecular flexibility index (Phi) is 3.78. The normalized spacial score (nSPS) is 18.3. The highest BCUT2D eigenvalue weighted by Gasteiger charge is 2.32. The highest BCUT2D eigenvalue weighted by Crippen LogP contribution is 2.28. The third kappa shape index (κ3) is 3.77. The Balaban J connectivity index is 1.52. The molecule has 0 spiro atoms. The minimum Gasteiger partial charge on any atom is -0.334 e. The van der Waals surface area contributed by atoms with Crippen molar-refractivity contribution in [3.8, 4) is 0 Å². The van der Waals surface area contributed by atoms with Crippen LogP contribution in [0.4, 0.5) is 0 Å². The van der Waals surface area contributed by atoms with E-state index in [1.807, 2.05) is 23.1 Å². The molecule has 19 heavy (non-hydrogen) atoms. The summed E-state index contributed by atoms with van der Waals surface area (Å²) in [5.74, 6) is 0.265. The van der Waals surface area contributed by atoms with E-state index in [2.05, 4.69) is 10.3 Å². The first kappa shape index (κ1) is 12.6. The Labute approximate surface area is 114 Å². The van der Waals surface area contributed by atoms with Crippen LogP contribution < -0.4 is 5.32 Å². The second kappa shape index (κ2) is 5.70. The van der Waals surface area contributed by atoms with Crippen LogP contribution >= 0.6 is 0 Å². The summed E-state index contributed by atoms with van der Waals surface area (Å²) < 4.78 is 0. The number of carbonyl (C=O) groups is 1. The third-order valence-electron chi connectivity index (χ3n) is 3.72. The van der Waals surface area contributed by atoms with Gasteiger partial charge in [-0.05, 0) is 37.8 Å². The summed E-state index contributed by atoms with van der Waals surface area (Å²) in [4.78, 5) is 18.6. The first-order valence-electron chi connectivity index (χ1n) is 7.25. The Hall–Kier alpha value is -1.42. The number of hydrogen-bond acceptors (Lipinski definition) is 3. The van der Waals surface area contributed by atoms with Crippen LogP contribution in [0.15, 0.2) is 24.4 Å². The minimum absolute atomic E-state index is 0.265. The number of aromatic nitrogens is 1. The predicted molar refractivity (Wildman–Crippen MR) is 73.5 cm³/mol. The zero-order chi connectivity index (χ0) is 13.1. The lowest BCUT2D eigenvalue weighted by Crippen LogP contribution is -2.35. The molecule has 0 atom stereocenters. The van der Waals surface area contributed by atoms with Crippen LogP contribution in [0, 0.1) is 0 Å². The topological polar surface area (TPSA) is 45.2 Å². The second-order valence-corrected chi connectivity index (χ2v) is 5.55. The van der Waals surface area contributed by atoms with Crippen molar-refractivity contribution in [1.82, 2.24) is 15.2 Å². The molecule has 0 radical (unpaired) electrons. The zero-order valence-corrected chi connectivity index (χ0v) is 11.2. The summed E-state index contributed by atoms with van der Waals surface area (Å²) >= 11 is 0. The van der Waals surface area contributed by atoms with Gasteiger partial charge in [-0.15, -0.1) is 0 Å². The van der Waals surface area contributed by atoms with Gasteiger partial charge in [0.05, 0.1) is 12.2 Å². The molecule has 2 aliphatic carbocycles. The Morgan fingerprint density at radius 2 is 2.16 bits per heavy atom. The van der Waals surface area contributed by atoms with Gasteiger partial charge in [0.15, 0.2) is 0 Å². The SMILES string of the molecule is O=C(CCNC1CC1)N(Cc1ccccn1)C1CC1. The van der Waals surface area contributed by atoms with Crippen molar-refractivity contribution >= 4 is 5.91 Å². The molecule has 0 unspecified atom stereocenters. The fourth-order valence-electron chi connectivity index (χ4n) is 2.29. The molecule has 0 saturated heterocycles. The molecule has 0 aliphatic heterocycles. The zero-order valence-electron chi connectivity index (χ0n) is 11.2. The third-order valence-corrected chi connectivity index (χ3v) is 3.72. The molecule has 102 valence electrons. The van der Waals surface area contributed by atoms with Crippen molar-refractivity contribution in [3.63, 3.8) is 0 Å². The van der Waals surface area contributed by atoms with Gasteiger partial charge in [-0.3, -0.25) is 9.78 Å². The summed E-state index contributed by atoms with van der Waals surface area (Å²) in [5, 5.41) is 3.40. The minimum atomic E-state index is 0.265. The van der Waals surface area contributed by atoms with Crippen molar-refractivity contribution in [2.75, 3.05) is 6.54 Å². The predicted octanol–water partition coefficient (Wildman–Crippen LogP) is 1.71. The largest absolute Gasteiger partial charge is 0.334 e. The standard InChI is InChI=1S/C15H21N3O/c19-15(8-10-17-12-4-5-12)18(14-6-7-14)11-13-3-1-2-9-16-13/h1-3,9,12,14,17H,4-8,10-11H2. The van der Waals surface area contributed by atoms with E-state index >= 15 is 0 Å². The number of hydrogen-bond donors (Lipinski definition) is 1. The molecule has 1 heterocycles. The van der Waals surface area contributed by atoms with Crippen LogP contribution in [0.25, 0.3) is 0 Å². The fraction of sp³-hybridized carbons (Fsp3) is 0.600. The number of carbonyl (C=O) groups excluding carboxylic acids is 1. The van der Waals surface area contributed by atoms with Gasteiger partial charge in [0.25, 0.3) is 0 Å². The molecule has 4 nitrogen and oxygen atoms in total. The Bertz CT molecular complexity index is 426. The Morgan fingerprint density at radius 1 is 1.32 bits per heavy atom. The molecule has 0 aromatic carbocycles. The van der Waals surface area contributed by atoms with Gasteiger partial charge in [-0.2, -0.15) is 0 Å². The van der Waals surface area contributed by atoms with E-state index in [-0.39, 0.29) is 5.91 Å². The maximum Gasteiger partial charge on any atom is 0.224 e. The number of rotatable bonds is 7. The highest BCUT2D eigenvalue weighted by atomic mass is 16.2. The van der Waals surface area contributed by atoms with Crippen molar-refractivity contribution in [3.05, 3.63) is 30.1 Å². The van der Waals surface area contributed by atoms with Gasteiger partial charge in [-0.25, -0.2) is 0 Å². The first-order valence-corrected chi connectivity index (χ1v) is 7.25. The van der Waals surface area contributed by atoms with E-state index in [0.717, 1.165) is 25.1 Å². The summed E-state index contributed by atoms with van der Waals surface area (Å²) in [6.45, 7) is 1.47. The summed E-state index contributed by atoms with van der Waals surface area (Å²) in [5.41, 5.74) is 0.984. The number of amides is 1. The lowest BCUT2D eigenvalue weighted by molar-refractivity contribution is -0.132. The highest BCUT2D eigenvalue weighted by molar-refractivity contribution is 5.77. The number of nitrogens with one attached hydrogen (secondary N) is 1. The molecule has 1 N–H and O–H groups in total. The van der Waals surface area contributed by atoms with Gasteiger partial charge in [0, 0.05) is 31.2 Å². The molecular weight excluding hydrogens is 238 g/mol. The van der Waals surface area contributed by atoms with Crippen LogP contribution in [0.2, 0.25) is 0 Å². The molecule has 3 rings (SSSR count). The lowest BCUT2D eigenvalue weighted by Gasteiger charge is -2.22. The molecule has 1 aromatic rings. The summed E-state index contributed by atoms with van der Waals surface area (Å²) in [7, 11) is 0. The molecule has 2 saturated carbocycles. The van der Waals surface area contributed by atoms with Crippen LogP contribution in [0.3, 0.4) is 0 Å². The summed E-state index contributed by atoms with van der Waals surface area (Å²) in [6, 6.07) is 7.01. The van der Waals surface area contributed by atoms with Crippen LogP contribution in [0.5, 0.6) is 0 Å². The monoisotopic (exact) mass is 259 g/mol. The molecule has 0 bridgehead atoms. The van der Waals surface area contributed by atoms with E-state index in [4.69, 9.17) is 0 Å². The van der Waals surface area contributed by atoms with E-state index < -0.39 is 0 Å². The van der Waals surface area contributed by atoms with Crippen LogP contribution in [-0.4, -0.2) is 34.4 Å². The van der Waals surface area contributed by atoms with E-state index in [9.17, 15) is 4.79 Å². The molecule has 2 fully saturated rings. The van der Waals surface area contributed by atoms with Gasteiger partial charge >= 0.3 is 0 Å². The van der Waals surface area contributed by atoms with Gasteiger partial charge < -0.3 is 10.2 Å². The Morgan fingerprint density at radius 3 is 2.79 bits per heavy atom. The average molecular weight is 259 g/mol. The maximum absolute atomic E-state index is 12.3. The molecule has 1 amide bonds. The number of nitrogens with zero attached hydrogens (tertiary/aromatic N) is 2. The maximum atomic E-state index is 12.3. The van der Waals surface area contributed by atoms with E-state index in [1.54, 1.807) is 6.20 Å². The molecular formula is C15H21N3O. The average Bonchev–Trinajstić information content (AvgIpc) is 3.29. The van der Waals surface area contributed by atoms with Crippen molar-refractivity contribution in [2.45, 2.75) is 50.7 Å². The van der Waals surface area contributed by atoms with Gasteiger partial charge in [0.1, 0.15) is 0 Å². The van der Waals surface area contributed by atoms with E-state index in [1.165, 1.54) is 12.8 Å². The van der Waals surface area contributed by atoms with Crippen LogP contribution in [-0.2, 0) is 11.3 Å². The van der Waals surface area contributed by atoms with E-state index in [0.29, 0.717) is 25.0 Å². The molecule has 1 aromatic heterocycles. The fourth-order valence-corrected chi connectivity index (χ4v) is 2.29. The van der Waals surface area contributed by atoms with Gasteiger partial charge in [-0.1, -0.05) is 6.07 Å².